The minimum Gasteiger partial charge on any atom is -0.484 e. The van der Waals surface area contributed by atoms with E-state index in [1.807, 2.05) is 24.3 Å². The summed E-state index contributed by atoms with van der Waals surface area (Å²) >= 11 is 0. The van der Waals surface area contributed by atoms with Crippen LogP contribution in [0.15, 0.2) is 48.5 Å². The number of rotatable bonds is 5. The molecule has 3 heteroatoms. The molecule has 0 heterocycles. The van der Waals surface area contributed by atoms with E-state index in [1.165, 1.54) is 6.07 Å². The van der Waals surface area contributed by atoms with Gasteiger partial charge in [0, 0.05) is 12.1 Å². The maximum Gasteiger partial charge on any atom is 0.139 e. The summed E-state index contributed by atoms with van der Waals surface area (Å²) in [6.07, 6.45) is 0.402. The molecule has 0 amide bonds. The van der Waals surface area contributed by atoms with E-state index in [1.54, 1.807) is 18.2 Å². The van der Waals surface area contributed by atoms with Gasteiger partial charge in [-0.05, 0) is 24.1 Å². The van der Waals surface area contributed by atoms with Gasteiger partial charge in [-0.3, -0.25) is 0 Å². The van der Waals surface area contributed by atoms with E-state index < -0.39 is 6.10 Å². The minimum absolute atomic E-state index is 0.235. The second kappa shape index (κ2) is 6.34. The Kier molecular flexibility index (Phi) is 4.53. The Morgan fingerprint density at radius 3 is 2.47 bits per heavy atom. The molecule has 0 bridgehead atoms. The number of benzene rings is 2. The van der Waals surface area contributed by atoms with Crippen LogP contribution in [0.2, 0.25) is 0 Å². The average molecular weight is 259 g/mol. The summed E-state index contributed by atoms with van der Waals surface area (Å²) in [7, 11) is 0. The predicted molar refractivity (Wildman–Crippen MR) is 74.6 cm³/mol. The number of halogens is 1. The molecule has 0 aliphatic rings. The van der Waals surface area contributed by atoms with Crippen LogP contribution in [0.3, 0.4) is 0 Å². The zero-order chi connectivity index (χ0) is 13.7. The molecule has 0 aliphatic carbocycles. The van der Waals surface area contributed by atoms with Crippen molar-refractivity contribution in [3.05, 3.63) is 65.5 Å². The molecule has 0 saturated carbocycles. The van der Waals surface area contributed by atoms with Crippen LogP contribution < -0.4 is 10.5 Å². The number of hydrogen-bond acceptors (Lipinski definition) is 2. The third-order valence-electron chi connectivity index (χ3n) is 3.09. The molecule has 0 spiro atoms. The maximum absolute atomic E-state index is 13.8. The molecule has 1 atom stereocenters. The lowest BCUT2D eigenvalue weighted by Crippen LogP contribution is -2.20. The lowest BCUT2D eigenvalue weighted by atomic mass is 10.1. The van der Waals surface area contributed by atoms with E-state index in [0.717, 1.165) is 17.7 Å². The van der Waals surface area contributed by atoms with Crippen LogP contribution in [0.25, 0.3) is 0 Å². The van der Waals surface area contributed by atoms with Gasteiger partial charge in [0.15, 0.2) is 0 Å². The molecule has 19 heavy (non-hydrogen) atoms. The molecule has 0 radical (unpaired) electrons. The molecule has 0 aliphatic heterocycles. The third-order valence-corrected chi connectivity index (χ3v) is 3.09. The van der Waals surface area contributed by atoms with Crippen molar-refractivity contribution in [1.29, 1.82) is 0 Å². The Labute approximate surface area is 113 Å². The average Bonchev–Trinajstić information content (AvgIpc) is 2.46. The fourth-order valence-corrected chi connectivity index (χ4v) is 2.04. The first-order valence-corrected chi connectivity index (χ1v) is 6.45. The van der Waals surface area contributed by atoms with E-state index in [2.05, 4.69) is 6.92 Å². The summed E-state index contributed by atoms with van der Waals surface area (Å²) in [6, 6.07) is 14.3. The number of aryl methyl sites for hydroxylation is 1. The summed E-state index contributed by atoms with van der Waals surface area (Å²) in [5, 5.41) is 0. The van der Waals surface area contributed by atoms with Gasteiger partial charge in [0.05, 0.1) is 0 Å². The maximum atomic E-state index is 13.8. The van der Waals surface area contributed by atoms with Gasteiger partial charge in [-0.15, -0.1) is 0 Å². The van der Waals surface area contributed by atoms with Crippen LogP contribution in [-0.2, 0) is 6.42 Å². The van der Waals surface area contributed by atoms with Gasteiger partial charge in [-0.1, -0.05) is 43.3 Å². The van der Waals surface area contributed by atoms with Crippen LogP contribution >= 0.6 is 0 Å². The Hall–Kier alpha value is -1.87. The molecule has 0 fully saturated rings. The first-order chi connectivity index (χ1) is 9.26. The van der Waals surface area contributed by atoms with E-state index in [-0.39, 0.29) is 12.4 Å². The van der Waals surface area contributed by atoms with E-state index >= 15 is 0 Å². The Morgan fingerprint density at radius 2 is 1.79 bits per heavy atom. The molecule has 0 aromatic heterocycles. The van der Waals surface area contributed by atoms with Gasteiger partial charge in [-0.25, -0.2) is 4.39 Å². The summed E-state index contributed by atoms with van der Waals surface area (Å²) in [6.45, 7) is 2.29. The fraction of sp³-hybridized carbons (Fsp3) is 0.250. The van der Waals surface area contributed by atoms with Gasteiger partial charge in [0.1, 0.15) is 17.7 Å². The predicted octanol–water partition coefficient (Wildman–Crippen LogP) is 3.47. The van der Waals surface area contributed by atoms with Crippen molar-refractivity contribution in [1.82, 2.24) is 0 Å². The Balaban J connectivity index is 2.27. The number of ether oxygens (including phenoxy) is 1. The van der Waals surface area contributed by atoms with E-state index in [4.69, 9.17) is 10.5 Å². The van der Waals surface area contributed by atoms with Crippen molar-refractivity contribution in [2.45, 2.75) is 19.4 Å². The lowest BCUT2D eigenvalue weighted by Gasteiger charge is -2.20. The van der Waals surface area contributed by atoms with Crippen molar-refractivity contribution in [3.8, 4) is 5.75 Å². The standard InChI is InChI=1S/C16H18FNO/c1-2-12-7-3-6-10-15(12)19-16(11-18)13-8-4-5-9-14(13)17/h3-10,16H,2,11,18H2,1H3. The third kappa shape index (κ3) is 3.12. The zero-order valence-electron chi connectivity index (χ0n) is 11.0. The summed E-state index contributed by atoms with van der Waals surface area (Å²) in [5.74, 6) is 0.482. The van der Waals surface area contributed by atoms with E-state index in [9.17, 15) is 4.39 Å². The van der Waals surface area contributed by atoms with Crippen molar-refractivity contribution in [2.24, 2.45) is 5.73 Å². The summed E-state index contributed by atoms with van der Waals surface area (Å²) in [5.41, 5.74) is 7.31. The summed E-state index contributed by atoms with van der Waals surface area (Å²) < 4.78 is 19.7. The normalized spacial score (nSPS) is 12.2. The second-order valence-corrected chi connectivity index (χ2v) is 4.32. The highest BCUT2D eigenvalue weighted by atomic mass is 19.1. The molecule has 2 rings (SSSR count). The first-order valence-electron chi connectivity index (χ1n) is 6.45. The van der Waals surface area contributed by atoms with Crippen LogP contribution in [0.1, 0.15) is 24.2 Å². The second-order valence-electron chi connectivity index (χ2n) is 4.32. The minimum atomic E-state index is -0.464. The number of para-hydroxylation sites is 1. The monoisotopic (exact) mass is 259 g/mol. The van der Waals surface area contributed by atoms with Crippen molar-refractivity contribution in [3.63, 3.8) is 0 Å². The quantitative estimate of drug-likeness (QED) is 0.892. The highest BCUT2D eigenvalue weighted by Gasteiger charge is 2.16. The zero-order valence-corrected chi connectivity index (χ0v) is 11.0. The fourth-order valence-electron chi connectivity index (χ4n) is 2.04. The Bertz CT molecular complexity index is 542. The molecule has 2 N–H and O–H groups in total. The van der Waals surface area contributed by atoms with Gasteiger partial charge in [-0.2, -0.15) is 0 Å². The van der Waals surface area contributed by atoms with Crippen molar-refractivity contribution in [2.75, 3.05) is 6.54 Å². The molecule has 2 aromatic rings. The van der Waals surface area contributed by atoms with Gasteiger partial charge in [0.25, 0.3) is 0 Å². The van der Waals surface area contributed by atoms with Gasteiger partial charge < -0.3 is 10.5 Å². The topological polar surface area (TPSA) is 35.2 Å². The first kappa shape index (κ1) is 13.6. The van der Waals surface area contributed by atoms with Gasteiger partial charge >= 0.3 is 0 Å². The van der Waals surface area contributed by atoms with E-state index in [0.29, 0.717) is 5.56 Å². The highest BCUT2D eigenvalue weighted by molar-refractivity contribution is 5.34. The largest absolute Gasteiger partial charge is 0.484 e. The number of hydrogen-bond donors (Lipinski definition) is 1. The van der Waals surface area contributed by atoms with Crippen LogP contribution in [-0.4, -0.2) is 6.54 Å². The molecule has 100 valence electrons. The van der Waals surface area contributed by atoms with Crippen LogP contribution in [0, 0.1) is 5.82 Å². The lowest BCUT2D eigenvalue weighted by molar-refractivity contribution is 0.207. The molecular weight excluding hydrogens is 241 g/mol. The molecule has 2 aromatic carbocycles. The SMILES string of the molecule is CCc1ccccc1OC(CN)c1ccccc1F. The summed E-state index contributed by atoms with van der Waals surface area (Å²) in [4.78, 5) is 0. The molecule has 2 nitrogen and oxygen atoms in total. The van der Waals surface area contributed by atoms with Crippen molar-refractivity contribution < 1.29 is 9.13 Å². The number of nitrogens with two attached hydrogens (primary N) is 1. The smallest absolute Gasteiger partial charge is 0.139 e. The molecule has 1 unspecified atom stereocenters. The van der Waals surface area contributed by atoms with Crippen LogP contribution in [0.5, 0.6) is 5.75 Å². The molecule has 0 saturated heterocycles. The van der Waals surface area contributed by atoms with Crippen molar-refractivity contribution >= 4 is 0 Å². The van der Waals surface area contributed by atoms with Gasteiger partial charge in [0.2, 0.25) is 0 Å². The van der Waals surface area contributed by atoms with Crippen LogP contribution in [0.4, 0.5) is 4.39 Å². The molecular formula is C16H18FNO. The highest BCUT2D eigenvalue weighted by Crippen LogP contribution is 2.26. The Morgan fingerprint density at radius 1 is 1.11 bits per heavy atom.